The van der Waals surface area contributed by atoms with Crippen LogP contribution < -0.4 is 30.5 Å². The van der Waals surface area contributed by atoms with Crippen molar-refractivity contribution in [1.82, 2.24) is 0 Å². The molecule has 19 rings (SSSR count). The molecule has 0 N–H and O–H groups in total. The first-order valence-electron chi connectivity index (χ1n) is 38.1. The van der Waals surface area contributed by atoms with Gasteiger partial charge < -0.3 is 18.6 Å². The van der Waals surface area contributed by atoms with Gasteiger partial charge in [0.25, 0.3) is 0 Å². The summed E-state index contributed by atoms with van der Waals surface area (Å²) >= 11 is 0. The molecule has 0 atom stereocenters. The van der Waals surface area contributed by atoms with Crippen LogP contribution in [0, 0.1) is 6.92 Å². The minimum absolute atomic E-state index is 0.0581. The fourth-order valence-electron chi connectivity index (χ4n) is 17.8. The molecule has 4 nitrogen and oxygen atoms in total. The van der Waals surface area contributed by atoms with Crippen LogP contribution in [0.5, 0.6) is 0 Å². The molecule has 18 aromatic rings. The zero-order chi connectivity index (χ0) is 73.8. The van der Waals surface area contributed by atoms with Crippen LogP contribution in [0.1, 0.15) is 80.5 Å². The predicted octanol–water partition coefficient (Wildman–Crippen LogP) is 25.6. The molecule has 0 radical (unpaired) electrons. The van der Waals surface area contributed by atoms with Gasteiger partial charge in [-0.05, 0) is 190 Å². The van der Waals surface area contributed by atoms with Gasteiger partial charge in [-0.15, -0.1) is 0 Å². The summed E-state index contributed by atoms with van der Waals surface area (Å²) in [5, 5.41) is 11.9. The smallest absolute Gasteiger partial charge is 0.179 e. The van der Waals surface area contributed by atoms with Crippen LogP contribution in [0.2, 0.25) is 0 Å². The Morgan fingerprint density at radius 2 is 0.697 bits per heavy atom. The monoisotopic (exact) mass is 1420 g/mol. The first-order valence-corrected chi connectivity index (χ1v) is 40.1. The second kappa shape index (κ2) is 26.3. The zero-order valence-corrected chi connectivity index (χ0v) is 63.4. The molecular weight excluding hydrogens is 1340 g/mol. The maximum Gasteiger partial charge on any atom is 0.179 e. The van der Waals surface area contributed by atoms with Gasteiger partial charge in [0, 0.05) is 44.0 Å². The summed E-state index contributed by atoms with van der Waals surface area (Å²) < 4.78 is 14.6. The van der Waals surface area contributed by atoms with Gasteiger partial charge in [0.1, 0.15) is 11.2 Å². The van der Waals surface area contributed by atoms with E-state index < -0.39 is 13.5 Å². The Morgan fingerprint density at radius 3 is 1.20 bits per heavy atom. The van der Waals surface area contributed by atoms with Crippen LogP contribution in [-0.2, 0) is 16.2 Å². The fourth-order valence-corrected chi connectivity index (χ4v) is 22.6. The molecule has 0 saturated heterocycles. The van der Waals surface area contributed by atoms with Crippen LogP contribution in [-0.4, -0.2) is 8.07 Å². The molecule has 109 heavy (non-hydrogen) atoms. The van der Waals surface area contributed by atoms with E-state index in [0.29, 0.717) is 0 Å². The van der Waals surface area contributed by atoms with Crippen molar-refractivity contribution < 1.29 is 8.83 Å². The number of fused-ring (bicyclic) bond motifs is 11. The number of hydrogen-bond acceptors (Lipinski definition) is 4. The minimum atomic E-state index is -2.83. The Kier molecular flexibility index (Phi) is 16.1. The van der Waals surface area contributed by atoms with E-state index in [9.17, 15) is 0 Å². The van der Waals surface area contributed by atoms with E-state index in [0.717, 1.165) is 105 Å². The van der Waals surface area contributed by atoms with E-state index >= 15 is 0 Å². The highest BCUT2D eigenvalue weighted by molar-refractivity contribution is 7.20. The van der Waals surface area contributed by atoms with E-state index in [2.05, 4.69) is 428 Å². The van der Waals surface area contributed by atoms with Gasteiger partial charge in [0.2, 0.25) is 0 Å². The van der Waals surface area contributed by atoms with Crippen molar-refractivity contribution in [2.75, 3.05) is 9.80 Å². The summed E-state index contributed by atoms with van der Waals surface area (Å²) in [7, 11) is -2.83. The lowest BCUT2D eigenvalue weighted by atomic mass is 9.67. The van der Waals surface area contributed by atoms with Gasteiger partial charge in [-0.1, -0.05) is 338 Å². The highest BCUT2D eigenvalue weighted by atomic mass is 28.3. The molecule has 0 fully saturated rings. The lowest BCUT2D eigenvalue weighted by Gasteiger charge is -2.36. The van der Waals surface area contributed by atoms with E-state index in [4.69, 9.17) is 8.83 Å². The third-order valence-electron chi connectivity index (χ3n) is 23.0. The van der Waals surface area contributed by atoms with Crippen LogP contribution >= 0.6 is 0 Å². The molecule has 0 amide bonds. The van der Waals surface area contributed by atoms with Crippen LogP contribution in [0.3, 0.4) is 0 Å². The largest absolute Gasteiger partial charge is 0.454 e. The number of rotatable bonds is 14. The maximum atomic E-state index is 7.42. The summed E-state index contributed by atoms with van der Waals surface area (Å²) in [6.45, 7) is 15.9. The first-order chi connectivity index (χ1) is 53.2. The number of nitrogens with zero attached hydrogens (tertiary/aromatic N) is 2. The highest BCUT2D eigenvalue weighted by Crippen LogP contribution is 2.61. The molecule has 2 heterocycles. The summed E-state index contributed by atoms with van der Waals surface area (Å²) in [4.78, 5) is 4.92. The van der Waals surface area contributed by atoms with Crippen molar-refractivity contribution in [3.05, 3.63) is 409 Å². The molecule has 16 aromatic carbocycles. The van der Waals surface area contributed by atoms with Gasteiger partial charge in [-0.3, -0.25) is 0 Å². The first kappa shape index (κ1) is 66.8. The SMILES string of the molecule is Cc1cccc(-c2ccc3oc4c(N(c5ccc(C(C)(C)C)cc5)c5ccc6c(c5)C(c5ccccc5)(c5ccccc5)c5cc(N(c7ccc(C(C)(C)C)cc7)c7cccc8c7oc7ccc(-c9cccc([Si](c%10ccccc%10)(c%10ccccc%10)c%10ccccc%10)c9)cc78)c7ccccc7c5-6)cccc4c3c2)c1. The number of hydrogen-bond donors (Lipinski definition) is 0. The number of para-hydroxylation sites is 2. The molecule has 0 unspecified atom stereocenters. The second-order valence-corrected chi connectivity index (χ2v) is 35.4. The van der Waals surface area contributed by atoms with Crippen molar-refractivity contribution in [1.29, 1.82) is 0 Å². The van der Waals surface area contributed by atoms with E-state index in [1.165, 1.54) is 76.4 Å². The number of aryl methyl sites for hydroxylation is 1. The number of benzene rings is 16. The van der Waals surface area contributed by atoms with Gasteiger partial charge in [0.05, 0.1) is 22.5 Å². The van der Waals surface area contributed by atoms with Crippen molar-refractivity contribution in [3.8, 4) is 33.4 Å². The Balaban J connectivity index is 0.821. The molecule has 0 aliphatic heterocycles. The third kappa shape index (κ3) is 11.1. The fraction of sp³-hybridized carbons (Fsp3) is 0.0962. The van der Waals surface area contributed by atoms with Crippen molar-refractivity contribution in [2.24, 2.45) is 0 Å². The average Bonchev–Trinajstić information content (AvgIpc) is 1.51. The summed E-state index contributed by atoms with van der Waals surface area (Å²) in [6.07, 6.45) is 0. The topological polar surface area (TPSA) is 32.8 Å². The third-order valence-corrected chi connectivity index (χ3v) is 27.8. The molecule has 1 aliphatic carbocycles. The van der Waals surface area contributed by atoms with Crippen molar-refractivity contribution in [2.45, 2.75) is 64.7 Å². The van der Waals surface area contributed by atoms with Crippen LogP contribution in [0.4, 0.5) is 34.1 Å². The molecular formula is C104H82N2O2Si. The highest BCUT2D eigenvalue weighted by Gasteiger charge is 2.49. The summed E-state index contributed by atoms with van der Waals surface area (Å²) in [5.74, 6) is 0. The quantitative estimate of drug-likeness (QED) is 0.0802. The summed E-state index contributed by atoms with van der Waals surface area (Å²) in [5.41, 5.74) is 23.8. The molecule has 5 heteroatoms. The van der Waals surface area contributed by atoms with E-state index in [1.54, 1.807) is 0 Å². The molecule has 524 valence electrons. The lowest BCUT2D eigenvalue weighted by molar-refractivity contribution is 0.590. The Hall–Kier alpha value is -12.8. The average molecular weight is 1420 g/mol. The minimum Gasteiger partial charge on any atom is -0.454 e. The van der Waals surface area contributed by atoms with Gasteiger partial charge in [-0.2, -0.15) is 0 Å². The maximum absolute atomic E-state index is 7.42. The van der Waals surface area contributed by atoms with Gasteiger partial charge in [-0.25, -0.2) is 0 Å². The zero-order valence-electron chi connectivity index (χ0n) is 62.4. The molecule has 1 aliphatic rings. The van der Waals surface area contributed by atoms with Crippen LogP contribution in [0.15, 0.2) is 379 Å². The van der Waals surface area contributed by atoms with Gasteiger partial charge >= 0.3 is 0 Å². The Bertz CT molecular complexity index is 6350. The number of anilines is 6. The number of furan rings is 2. The predicted molar refractivity (Wildman–Crippen MR) is 462 cm³/mol. The second-order valence-electron chi connectivity index (χ2n) is 31.6. The molecule has 0 spiro atoms. The molecule has 0 saturated carbocycles. The van der Waals surface area contributed by atoms with Crippen molar-refractivity contribution in [3.63, 3.8) is 0 Å². The molecule has 0 bridgehead atoms. The van der Waals surface area contributed by atoms with Gasteiger partial charge in [0.15, 0.2) is 19.2 Å². The molecule has 2 aromatic heterocycles. The van der Waals surface area contributed by atoms with Crippen LogP contribution in [0.25, 0.3) is 88.0 Å². The van der Waals surface area contributed by atoms with Crippen molar-refractivity contribution >= 4 is 118 Å². The summed E-state index contributed by atoms with van der Waals surface area (Å²) in [6, 6.07) is 138. The lowest BCUT2D eigenvalue weighted by Crippen LogP contribution is -2.74. The standard InChI is InChI=1S/C104H82N2O2Si/c1-69-29-25-30-70(63-69)72-49-61-97-90(65-72)87-45-27-47-94(100(87)107-97)105(78-55-51-74(52-56-78)102(2,3)4)80-59-60-89-92(67-80)104(76-32-13-8-14-33-76,77-34-15-9-16-35-77)93-68-96(85-43-23-24-44-86(85)99(89)93)106(79-57-53-75(54-58-79)103(5,6)7)95-48-28-46-88-91-66-73(50-62-98(91)108-101(88)95)71-31-26-42-84(64-71)109(81-36-17-10-18-37-81,82-38-19-11-20-39-82)83-40-21-12-22-41-83/h8-68H,1-7H3. The Labute approximate surface area is 639 Å². The normalized spacial score (nSPS) is 12.8. The van der Waals surface area contributed by atoms with E-state index in [1.807, 2.05) is 0 Å². The van der Waals surface area contributed by atoms with E-state index in [-0.39, 0.29) is 10.8 Å². The Morgan fingerprint density at radius 1 is 0.284 bits per heavy atom.